The summed E-state index contributed by atoms with van der Waals surface area (Å²) in [6.07, 6.45) is 5.39. The maximum Gasteiger partial charge on any atom is 0.135 e. The second-order valence-corrected chi connectivity index (χ2v) is 7.57. The van der Waals surface area contributed by atoms with Gasteiger partial charge < -0.3 is 4.57 Å². The maximum absolute atomic E-state index is 9.29. The molecule has 0 radical (unpaired) electrons. The van der Waals surface area contributed by atoms with E-state index in [2.05, 4.69) is 22.5 Å². The third-order valence-electron chi connectivity index (χ3n) is 3.46. The van der Waals surface area contributed by atoms with E-state index in [1.54, 1.807) is 24.3 Å². The lowest BCUT2D eigenvalue weighted by atomic mass is 10.1. The third-order valence-corrected chi connectivity index (χ3v) is 6.07. The van der Waals surface area contributed by atoms with Crippen molar-refractivity contribution in [3.8, 4) is 5.40 Å². The molecular formula is C18H14ClN3S2. The van der Waals surface area contributed by atoms with Crippen LogP contribution in [0.15, 0.2) is 78.2 Å². The Morgan fingerprint density at radius 2 is 1.83 bits per heavy atom. The SMILES string of the molecule is N#CSC(C(Sc1ccc(Cl)cc1)c1ccccc1)n1ccnc1. The van der Waals surface area contributed by atoms with E-state index in [1.807, 2.05) is 53.2 Å². The maximum atomic E-state index is 9.29. The van der Waals surface area contributed by atoms with Crippen LogP contribution in [-0.4, -0.2) is 9.55 Å². The molecule has 0 fully saturated rings. The smallest absolute Gasteiger partial charge is 0.135 e. The topological polar surface area (TPSA) is 41.6 Å². The fraction of sp³-hybridized carbons (Fsp3) is 0.111. The minimum Gasteiger partial charge on any atom is -0.322 e. The van der Waals surface area contributed by atoms with Gasteiger partial charge in [-0.15, -0.1) is 11.8 Å². The standard InChI is InChI=1S/C18H14ClN3S2/c19-15-6-8-16(9-7-15)24-17(14-4-2-1-3-5-14)18(23-12-20)22-11-10-21-13-22/h1-11,13,17-18H. The molecule has 1 heterocycles. The van der Waals surface area contributed by atoms with Crippen molar-refractivity contribution in [2.75, 3.05) is 0 Å². The van der Waals surface area contributed by atoms with Crippen molar-refractivity contribution in [1.82, 2.24) is 9.55 Å². The molecule has 0 saturated carbocycles. The predicted octanol–water partition coefficient (Wildman–Crippen LogP) is 5.78. The minimum atomic E-state index is -0.0828. The van der Waals surface area contributed by atoms with Crippen molar-refractivity contribution in [2.24, 2.45) is 0 Å². The molecule has 0 N–H and O–H groups in total. The molecule has 24 heavy (non-hydrogen) atoms. The highest BCUT2D eigenvalue weighted by molar-refractivity contribution is 8.05. The Kier molecular flexibility index (Phi) is 5.86. The first-order valence-electron chi connectivity index (χ1n) is 7.27. The van der Waals surface area contributed by atoms with Gasteiger partial charge in [0.15, 0.2) is 0 Å². The van der Waals surface area contributed by atoms with Crippen LogP contribution in [0.4, 0.5) is 0 Å². The number of hydrogen-bond donors (Lipinski definition) is 0. The largest absolute Gasteiger partial charge is 0.322 e. The molecule has 0 aliphatic rings. The van der Waals surface area contributed by atoms with Gasteiger partial charge in [-0.1, -0.05) is 41.9 Å². The van der Waals surface area contributed by atoms with Crippen molar-refractivity contribution >= 4 is 35.1 Å². The molecule has 3 nitrogen and oxygen atoms in total. The summed E-state index contributed by atoms with van der Waals surface area (Å²) < 4.78 is 1.98. The number of nitriles is 1. The summed E-state index contributed by atoms with van der Waals surface area (Å²) >= 11 is 8.95. The fourth-order valence-corrected chi connectivity index (χ4v) is 4.58. The van der Waals surface area contributed by atoms with Gasteiger partial charge in [0.25, 0.3) is 0 Å². The number of nitrogens with zero attached hydrogens (tertiary/aromatic N) is 3. The number of benzene rings is 2. The first-order valence-corrected chi connectivity index (χ1v) is 9.41. The molecule has 120 valence electrons. The molecule has 3 rings (SSSR count). The van der Waals surface area contributed by atoms with Gasteiger partial charge in [0.05, 0.1) is 11.6 Å². The molecule has 0 aliphatic heterocycles. The van der Waals surface area contributed by atoms with E-state index in [1.165, 1.54) is 17.3 Å². The zero-order valence-corrected chi connectivity index (χ0v) is 15.0. The Hall–Kier alpha value is -1.87. The monoisotopic (exact) mass is 371 g/mol. The summed E-state index contributed by atoms with van der Waals surface area (Å²) in [5.41, 5.74) is 1.17. The molecule has 0 aliphatic carbocycles. The molecular weight excluding hydrogens is 358 g/mol. The number of thiocyanates is 1. The average molecular weight is 372 g/mol. The van der Waals surface area contributed by atoms with Gasteiger partial charge in [0, 0.05) is 22.3 Å². The van der Waals surface area contributed by atoms with Crippen LogP contribution in [-0.2, 0) is 0 Å². The van der Waals surface area contributed by atoms with Crippen LogP contribution in [0.25, 0.3) is 0 Å². The summed E-state index contributed by atoms with van der Waals surface area (Å²) in [5.74, 6) is 0. The van der Waals surface area contributed by atoms with Crippen molar-refractivity contribution in [3.05, 3.63) is 83.9 Å². The van der Waals surface area contributed by atoms with E-state index in [0.717, 1.165) is 4.90 Å². The molecule has 0 saturated heterocycles. The molecule has 2 aromatic carbocycles. The Morgan fingerprint density at radius 3 is 2.46 bits per heavy atom. The van der Waals surface area contributed by atoms with E-state index >= 15 is 0 Å². The first kappa shape index (κ1) is 17.0. The van der Waals surface area contributed by atoms with Gasteiger partial charge >= 0.3 is 0 Å². The van der Waals surface area contributed by atoms with E-state index in [9.17, 15) is 5.26 Å². The Bertz CT molecular complexity index is 799. The van der Waals surface area contributed by atoms with Crippen molar-refractivity contribution < 1.29 is 0 Å². The molecule has 0 amide bonds. The number of imidazole rings is 1. The van der Waals surface area contributed by atoms with Crippen molar-refractivity contribution in [3.63, 3.8) is 0 Å². The molecule has 6 heteroatoms. The van der Waals surface area contributed by atoms with E-state index in [-0.39, 0.29) is 10.6 Å². The lowest BCUT2D eigenvalue weighted by molar-refractivity contribution is 0.664. The van der Waals surface area contributed by atoms with E-state index in [0.29, 0.717) is 5.02 Å². The van der Waals surface area contributed by atoms with Crippen LogP contribution in [0.3, 0.4) is 0 Å². The second kappa shape index (κ2) is 8.29. The fourth-order valence-electron chi connectivity index (χ4n) is 2.35. The first-order chi connectivity index (χ1) is 11.8. The third kappa shape index (κ3) is 4.15. The van der Waals surface area contributed by atoms with E-state index in [4.69, 9.17) is 11.6 Å². The van der Waals surface area contributed by atoms with Crippen LogP contribution in [0.5, 0.6) is 0 Å². The molecule has 2 atom stereocenters. The lowest BCUT2D eigenvalue weighted by Crippen LogP contribution is -2.11. The van der Waals surface area contributed by atoms with Crippen LogP contribution in [0.1, 0.15) is 16.2 Å². The van der Waals surface area contributed by atoms with Crippen LogP contribution >= 0.6 is 35.1 Å². The summed E-state index contributed by atoms with van der Waals surface area (Å²) in [6, 6.07) is 18.0. The number of rotatable bonds is 6. The zero-order valence-electron chi connectivity index (χ0n) is 12.6. The summed E-state index contributed by atoms with van der Waals surface area (Å²) in [7, 11) is 0. The van der Waals surface area contributed by atoms with Crippen molar-refractivity contribution in [1.29, 1.82) is 5.26 Å². The van der Waals surface area contributed by atoms with Crippen LogP contribution in [0.2, 0.25) is 5.02 Å². The number of aromatic nitrogens is 2. The molecule has 2 unspecified atom stereocenters. The van der Waals surface area contributed by atoms with E-state index < -0.39 is 0 Å². The normalized spacial score (nSPS) is 13.2. The summed E-state index contributed by atoms with van der Waals surface area (Å²) in [4.78, 5) is 5.24. The Balaban J connectivity index is 1.97. The molecule has 1 aromatic heterocycles. The van der Waals surface area contributed by atoms with Crippen LogP contribution < -0.4 is 0 Å². The Labute approximate surface area is 154 Å². The van der Waals surface area contributed by atoms with Gasteiger partial charge in [-0.2, -0.15) is 5.26 Å². The van der Waals surface area contributed by atoms with Gasteiger partial charge in [-0.3, -0.25) is 0 Å². The van der Waals surface area contributed by atoms with Crippen LogP contribution in [0, 0.1) is 10.7 Å². The molecule has 0 bridgehead atoms. The zero-order chi connectivity index (χ0) is 16.8. The predicted molar refractivity (Wildman–Crippen MR) is 101 cm³/mol. The number of halogens is 1. The lowest BCUT2D eigenvalue weighted by Gasteiger charge is -2.25. The average Bonchev–Trinajstić information content (AvgIpc) is 3.15. The highest BCUT2D eigenvalue weighted by Gasteiger charge is 2.26. The second-order valence-electron chi connectivity index (χ2n) is 5.01. The highest BCUT2D eigenvalue weighted by Crippen LogP contribution is 2.47. The number of thioether (sulfide) groups is 2. The van der Waals surface area contributed by atoms with Gasteiger partial charge in [0.1, 0.15) is 10.8 Å². The quantitative estimate of drug-likeness (QED) is 0.406. The Morgan fingerprint density at radius 1 is 1.08 bits per heavy atom. The van der Waals surface area contributed by atoms with Gasteiger partial charge in [-0.05, 0) is 41.6 Å². The summed E-state index contributed by atoms with van der Waals surface area (Å²) in [6.45, 7) is 0. The highest BCUT2D eigenvalue weighted by atomic mass is 35.5. The minimum absolute atomic E-state index is 0.0613. The van der Waals surface area contributed by atoms with Crippen molar-refractivity contribution in [2.45, 2.75) is 15.5 Å². The molecule has 3 aromatic rings. The van der Waals surface area contributed by atoms with Gasteiger partial charge in [0.2, 0.25) is 0 Å². The summed E-state index contributed by atoms with van der Waals surface area (Å²) in [5, 5.41) is 12.2. The van der Waals surface area contributed by atoms with Gasteiger partial charge in [-0.25, -0.2) is 4.98 Å². The molecule has 0 spiro atoms. The number of hydrogen-bond acceptors (Lipinski definition) is 4.